The van der Waals surface area contributed by atoms with E-state index in [0.29, 0.717) is 6.04 Å². The molecule has 2 aliphatic rings. The van der Waals surface area contributed by atoms with Gasteiger partial charge in [0.1, 0.15) is 0 Å². The summed E-state index contributed by atoms with van der Waals surface area (Å²) < 4.78 is 0. The van der Waals surface area contributed by atoms with Crippen LogP contribution in [0.2, 0.25) is 0 Å². The Morgan fingerprint density at radius 1 is 1.15 bits per heavy atom. The van der Waals surface area contributed by atoms with Crippen molar-refractivity contribution < 1.29 is 0 Å². The Labute approximate surface area is 81.7 Å². The number of hydrogen-bond donors (Lipinski definition) is 1. The van der Waals surface area contributed by atoms with Gasteiger partial charge < -0.3 is 5.32 Å². The van der Waals surface area contributed by atoms with Crippen molar-refractivity contribution in [3.63, 3.8) is 0 Å². The van der Waals surface area contributed by atoms with Gasteiger partial charge >= 0.3 is 0 Å². The molecule has 0 aromatic carbocycles. The first-order valence-electron chi connectivity index (χ1n) is 5.83. The van der Waals surface area contributed by atoms with Gasteiger partial charge in [0.25, 0.3) is 0 Å². The third-order valence-corrected chi connectivity index (χ3v) is 3.46. The molecular weight excluding hydrogens is 160 g/mol. The van der Waals surface area contributed by atoms with Crippen LogP contribution in [-0.4, -0.2) is 36.6 Å². The monoisotopic (exact) mass is 182 g/mol. The van der Waals surface area contributed by atoms with Crippen LogP contribution in [0.5, 0.6) is 0 Å². The van der Waals surface area contributed by atoms with E-state index in [2.05, 4.69) is 17.1 Å². The average Bonchev–Trinajstić information content (AvgIpc) is 2.56. The fourth-order valence-corrected chi connectivity index (χ4v) is 2.74. The lowest BCUT2D eigenvalue weighted by Gasteiger charge is -2.28. The molecular formula is C11H22N2. The Morgan fingerprint density at radius 2 is 1.92 bits per heavy atom. The van der Waals surface area contributed by atoms with E-state index in [1.165, 1.54) is 51.7 Å². The average molecular weight is 182 g/mol. The van der Waals surface area contributed by atoms with E-state index in [4.69, 9.17) is 0 Å². The van der Waals surface area contributed by atoms with E-state index < -0.39 is 0 Å². The summed E-state index contributed by atoms with van der Waals surface area (Å²) in [4.78, 5) is 2.72. The molecule has 1 N–H and O–H groups in total. The van der Waals surface area contributed by atoms with Crippen LogP contribution in [0.15, 0.2) is 0 Å². The minimum atomic E-state index is 0.697. The van der Waals surface area contributed by atoms with Crippen LogP contribution in [0.25, 0.3) is 0 Å². The van der Waals surface area contributed by atoms with Gasteiger partial charge in [0.2, 0.25) is 0 Å². The summed E-state index contributed by atoms with van der Waals surface area (Å²) in [5.41, 5.74) is 0. The number of nitrogens with zero attached hydrogens (tertiary/aromatic N) is 1. The topological polar surface area (TPSA) is 15.3 Å². The van der Waals surface area contributed by atoms with Crippen molar-refractivity contribution in [3.8, 4) is 0 Å². The van der Waals surface area contributed by atoms with Crippen LogP contribution in [0.4, 0.5) is 0 Å². The van der Waals surface area contributed by atoms with Gasteiger partial charge in [-0.2, -0.15) is 0 Å². The van der Waals surface area contributed by atoms with Gasteiger partial charge in [0.05, 0.1) is 0 Å². The third kappa shape index (κ3) is 2.44. The second-order valence-corrected chi connectivity index (χ2v) is 4.64. The predicted molar refractivity (Wildman–Crippen MR) is 55.9 cm³/mol. The number of nitrogens with one attached hydrogen (secondary N) is 1. The molecule has 0 bridgehead atoms. The maximum absolute atomic E-state index is 3.56. The molecule has 0 spiro atoms. The van der Waals surface area contributed by atoms with E-state index in [9.17, 15) is 0 Å². The first-order chi connectivity index (χ1) is 6.36. The molecule has 0 aromatic rings. The van der Waals surface area contributed by atoms with Crippen LogP contribution < -0.4 is 5.32 Å². The lowest BCUT2D eigenvalue weighted by molar-refractivity contribution is 0.198. The highest BCUT2D eigenvalue weighted by atomic mass is 15.2. The Balaban J connectivity index is 1.88. The zero-order chi connectivity index (χ0) is 9.10. The molecule has 1 unspecified atom stereocenters. The molecule has 1 aliphatic carbocycles. The molecule has 0 aromatic heterocycles. The van der Waals surface area contributed by atoms with Gasteiger partial charge in [-0.05, 0) is 39.3 Å². The van der Waals surface area contributed by atoms with Gasteiger partial charge in [-0.1, -0.05) is 12.8 Å². The SMILES string of the molecule is CC1CN(C2CCCC2)CCCN1. The Kier molecular flexibility index (Phi) is 3.23. The summed E-state index contributed by atoms with van der Waals surface area (Å²) in [7, 11) is 0. The van der Waals surface area contributed by atoms with E-state index in [-0.39, 0.29) is 0 Å². The molecule has 76 valence electrons. The van der Waals surface area contributed by atoms with Crippen LogP contribution >= 0.6 is 0 Å². The molecule has 13 heavy (non-hydrogen) atoms. The largest absolute Gasteiger partial charge is 0.313 e. The van der Waals surface area contributed by atoms with E-state index >= 15 is 0 Å². The van der Waals surface area contributed by atoms with Crippen molar-refractivity contribution in [3.05, 3.63) is 0 Å². The van der Waals surface area contributed by atoms with Crippen LogP contribution in [-0.2, 0) is 0 Å². The van der Waals surface area contributed by atoms with E-state index in [1.807, 2.05) is 0 Å². The van der Waals surface area contributed by atoms with Crippen molar-refractivity contribution in [2.75, 3.05) is 19.6 Å². The molecule has 1 atom stereocenters. The maximum Gasteiger partial charge on any atom is 0.0166 e. The standard InChI is InChI=1S/C11H22N2/c1-10-9-13(8-4-7-12-10)11-5-2-3-6-11/h10-12H,2-9H2,1H3. The van der Waals surface area contributed by atoms with E-state index in [0.717, 1.165) is 6.04 Å². The van der Waals surface area contributed by atoms with Gasteiger partial charge in [-0.3, -0.25) is 4.90 Å². The first-order valence-corrected chi connectivity index (χ1v) is 5.83. The number of rotatable bonds is 1. The van der Waals surface area contributed by atoms with Gasteiger partial charge in [0.15, 0.2) is 0 Å². The first kappa shape index (κ1) is 9.47. The zero-order valence-corrected chi connectivity index (χ0v) is 8.76. The Morgan fingerprint density at radius 3 is 2.69 bits per heavy atom. The highest BCUT2D eigenvalue weighted by Crippen LogP contribution is 2.24. The fourth-order valence-electron chi connectivity index (χ4n) is 2.74. The van der Waals surface area contributed by atoms with Crippen LogP contribution in [0.1, 0.15) is 39.0 Å². The summed E-state index contributed by atoms with van der Waals surface area (Å²) in [5, 5.41) is 3.56. The molecule has 2 nitrogen and oxygen atoms in total. The van der Waals surface area contributed by atoms with Gasteiger partial charge in [-0.25, -0.2) is 0 Å². The molecule has 1 aliphatic heterocycles. The van der Waals surface area contributed by atoms with Crippen molar-refractivity contribution >= 4 is 0 Å². The molecule has 1 saturated carbocycles. The summed E-state index contributed by atoms with van der Waals surface area (Å²) >= 11 is 0. The predicted octanol–water partition coefficient (Wildman–Crippen LogP) is 1.61. The highest BCUT2D eigenvalue weighted by molar-refractivity contribution is 4.82. The molecule has 2 heteroatoms. The quantitative estimate of drug-likeness (QED) is 0.663. The number of hydrogen-bond acceptors (Lipinski definition) is 2. The van der Waals surface area contributed by atoms with Crippen molar-refractivity contribution in [1.82, 2.24) is 10.2 Å². The third-order valence-electron chi connectivity index (χ3n) is 3.46. The van der Waals surface area contributed by atoms with Crippen molar-refractivity contribution in [2.24, 2.45) is 0 Å². The van der Waals surface area contributed by atoms with Gasteiger partial charge in [0, 0.05) is 18.6 Å². The summed E-state index contributed by atoms with van der Waals surface area (Å²) in [6.07, 6.45) is 7.16. The maximum atomic E-state index is 3.56. The molecule has 0 radical (unpaired) electrons. The molecule has 1 saturated heterocycles. The highest BCUT2D eigenvalue weighted by Gasteiger charge is 2.24. The van der Waals surface area contributed by atoms with Gasteiger partial charge in [-0.15, -0.1) is 0 Å². The molecule has 1 heterocycles. The molecule has 0 amide bonds. The summed E-state index contributed by atoms with van der Waals surface area (Å²) in [6, 6.07) is 1.62. The van der Waals surface area contributed by atoms with Crippen LogP contribution in [0.3, 0.4) is 0 Å². The smallest absolute Gasteiger partial charge is 0.0166 e. The summed E-state index contributed by atoms with van der Waals surface area (Å²) in [6.45, 7) is 6.12. The Hall–Kier alpha value is -0.0800. The minimum absolute atomic E-state index is 0.697. The lowest BCUT2D eigenvalue weighted by Crippen LogP contribution is -2.40. The second kappa shape index (κ2) is 4.43. The zero-order valence-electron chi connectivity index (χ0n) is 8.76. The Bertz CT molecular complexity index is 152. The molecule has 2 rings (SSSR count). The molecule has 2 fully saturated rings. The van der Waals surface area contributed by atoms with E-state index in [1.54, 1.807) is 0 Å². The van der Waals surface area contributed by atoms with Crippen molar-refractivity contribution in [2.45, 2.75) is 51.1 Å². The normalized spacial score (nSPS) is 33.5. The second-order valence-electron chi connectivity index (χ2n) is 4.64. The minimum Gasteiger partial charge on any atom is -0.313 e. The van der Waals surface area contributed by atoms with Crippen molar-refractivity contribution in [1.29, 1.82) is 0 Å². The van der Waals surface area contributed by atoms with Crippen LogP contribution in [0, 0.1) is 0 Å². The summed E-state index contributed by atoms with van der Waals surface area (Å²) in [5.74, 6) is 0. The fraction of sp³-hybridized carbons (Fsp3) is 1.00. The lowest BCUT2D eigenvalue weighted by atomic mass is 10.2.